The van der Waals surface area contributed by atoms with E-state index in [1.54, 1.807) is 0 Å². The van der Waals surface area contributed by atoms with Gasteiger partial charge < -0.3 is 15.8 Å². The molecule has 1 saturated heterocycles. The van der Waals surface area contributed by atoms with Crippen LogP contribution in [0, 0.1) is 12.8 Å². The van der Waals surface area contributed by atoms with Gasteiger partial charge in [0.15, 0.2) is 0 Å². The van der Waals surface area contributed by atoms with Crippen molar-refractivity contribution in [3.63, 3.8) is 0 Å². The maximum Gasteiger partial charge on any atom is 0.106 e. The Morgan fingerprint density at radius 1 is 1.56 bits per heavy atom. The van der Waals surface area contributed by atoms with E-state index in [1.165, 1.54) is 12.0 Å². The number of nitrogens with one attached hydrogen (secondary N) is 1. The first-order valence-corrected chi connectivity index (χ1v) is 6.79. The molecule has 18 heavy (non-hydrogen) atoms. The lowest BCUT2D eigenvalue weighted by molar-refractivity contribution is 0.185. The van der Waals surface area contributed by atoms with Gasteiger partial charge in [-0.15, -0.1) is 0 Å². The number of rotatable bonds is 5. The highest BCUT2D eigenvalue weighted by atomic mass is 32.1. The highest BCUT2D eigenvalue weighted by molar-refractivity contribution is 7.80. The summed E-state index contributed by atoms with van der Waals surface area (Å²) >= 11 is 5.08. The largest absolute Gasteiger partial charge is 0.389 e. The summed E-state index contributed by atoms with van der Waals surface area (Å²) in [6, 6.07) is 6.15. The van der Waals surface area contributed by atoms with Crippen LogP contribution in [-0.4, -0.2) is 24.7 Å². The van der Waals surface area contributed by atoms with Gasteiger partial charge in [0.25, 0.3) is 0 Å². The molecule has 1 atom stereocenters. The van der Waals surface area contributed by atoms with Gasteiger partial charge in [0, 0.05) is 31.0 Å². The first-order valence-electron chi connectivity index (χ1n) is 6.39. The zero-order valence-electron chi connectivity index (χ0n) is 10.7. The lowest BCUT2D eigenvalue weighted by Crippen LogP contribution is -2.15. The van der Waals surface area contributed by atoms with Gasteiger partial charge in [-0.2, -0.15) is 0 Å². The van der Waals surface area contributed by atoms with Crippen molar-refractivity contribution in [1.29, 1.82) is 0 Å². The third-order valence-electron chi connectivity index (χ3n) is 3.33. The molecule has 1 aromatic rings. The van der Waals surface area contributed by atoms with Crippen LogP contribution in [0.15, 0.2) is 18.2 Å². The van der Waals surface area contributed by atoms with Crippen molar-refractivity contribution in [2.24, 2.45) is 11.7 Å². The third kappa shape index (κ3) is 3.43. The number of nitrogens with two attached hydrogens (primary N) is 1. The smallest absolute Gasteiger partial charge is 0.106 e. The second kappa shape index (κ2) is 6.16. The summed E-state index contributed by atoms with van der Waals surface area (Å²) < 4.78 is 5.37. The molecule has 98 valence electrons. The van der Waals surface area contributed by atoms with Crippen LogP contribution in [-0.2, 0) is 4.74 Å². The fourth-order valence-electron chi connectivity index (χ4n) is 2.24. The van der Waals surface area contributed by atoms with Crippen LogP contribution >= 0.6 is 12.2 Å². The van der Waals surface area contributed by atoms with Gasteiger partial charge >= 0.3 is 0 Å². The highest BCUT2D eigenvalue weighted by Gasteiger charge is 2.15. The zero-order valence-corrected chi connectivity index (χ0v) is 11.6. The molecule has 1 aliphatic rings. The predicted molar refractivity (Wildman–Crippen MR) is 79.1 cm³/mol. The van der Waals surface area contributed by atoms with Crippen LogP contribution in [0.3, 0.4) is 0 Å². The Balaban J connectivity index is 1.93. The van der Waals surface area contributed by atoms with E-state index in [2.05, 4.69) is 17.4 Å². The summed E-state index contributed by atoms with van der Waals surface area (Å²) in [5, 5.41) is 3.43. The monoisotopic (exact) mass is 264 g/mol. The van der Waals surface area contributed by atoms with E-state index in [4.69, 9.17) is 22.7 Å². The Morgan fingerprint density at radius 2 is 2.39 bits per heavy atom. The van der Waals surface area contributed by atoms with Gasteiger partial charge in [-0.05, 0) is 37.8 Å². The average molecular weight is 264 g/mol. The van der Waals surface area contributed by atoms with Crippen molar-refractivity contribution >= 4 is 22.9 Å². The van der Waals surface area contributed by atoms with Crippen molar-refractivity contribution in [2.75, 3.05) is 25.1 Å². The van der Waals surface area contributed by atoms with Crippen molar-refractivity contribution in [3.8, 4) is 0 Å². The topological polar surface area (TPSA) is 47.3 Å². The Kier molecular flexibility index (Phi) is 4.55. The SMILES string of the molecule is Cc1ccc(NCCC2CCOC2)c(C(N)=S)c1. The molecule has 0 spiro atoms. The van der Waals surface area contributed by atoms with Crippen molar-refractivity contribution < 1.29 is 4.74 Å². The molecular weight excluding hydrogens is 244 g/mol. The van der Waals surface area contributed by atoms with E-state index in [-0.39, 0.29) is 0 Å². The maximum atomic E-state index is 5.75. The van der Waals surface area contributed by atoms with Gasteiger partial charge in [0.05, 0.1) is 0 Å². The molecule has 0 bridgehead atoms. The summed E-state index contributed by atoms with van der Waals surface area (Å²) in [5.74, 6) is 0.691. The van der Waals surface area contributed by atoms with Gasteiger partial charge in [0.2, 0.25) is 0 Å². The van der Waals surface area contributed by atoms with Crippen molar-refractivity contribution in [1.82, 2.24) is 0 Å². The Labute approximate surface area is 114 Å². The summed E-state index contributed by atoms with van der Waals surface area (Å²) in [5.41, 5.74) is 8.89. The molecule has 0 aliphatic carbocycles. The predicted octanol–water partition coefficient (Wildman–Crippen LogP) is 2.47. The van der Waals surface area contributed by atoms with Gasteiger partial charge in [-0.1, -0.05) is 23.8 Å². The minimum absolute atomic E-state index is 0.449. The van der Waals surface area contributed by atoms with E-state index in [0.717, 1.165) is 37.4 Å². The Morgan fingerprint density at radius 3 is 3.06 bits per heavy atom. The van der Waals surface area contributed by atoms with Crippen LogP contribution < -0.4 is 11.1 Å². The summed E-state index contributed by atoms with van der Waals surface area (Å²) in [6.45, 7) is 4.79. The fraction of sp³-hybridized carbons (Fsp3) is 0.500. The number of aryl methyl sites for hydroxylation is 1. The zero-order chi connectivity index (χ0) is 13.0. The van der Waals surface area contributed by atoms with E-state index in [9.17, 15) is 0 Å². The minimum Gasteiger partial charge on any atom is -0.389 e. The molecular formula is C14H20N2OS. The van der Waals surface area contributed by atoms with Crippen LogP contribution in [0.1, 0.15) is 24.0 Å². The van der Waals surface area contributed by atoms with Gasteiger partial charge in [0.1, 0.15) is 4.99 Å². The molecule has 1 unspecified atom stereocenters. The lowest BCUT2D eigenvalue weighted by Gasteiger charge is -2.13. The number of hydrogen-bond acceptors (Lipinski definition) is 3. The molecule has 1 aromatic carbocycles. The molecule has 1 fully saturated rings. The number of thiocarbonyl (C=S) groups is 1. The fourth-order valence-corrected chi connectivity index (χ4v) is 2.41. The second-order valence-electron chi connectivity index (χ2n) is 4.86. The van der Waals surface area contributed by atoms with Crippen LogP contribution in [0.2, 0.25) is 0 Å². The summed E-state index contributed by atoms with van der Waals surface area (Å²) in [7, 11) is 0. The molecule has 0 aromatic heterocycles. The molecule has 3 N–H and O–H groups in total. The molecule has 4 heteroatoms. The molecule has 2 rings (SSSR count). The Hall–Kier alpha value is -1.13. The van der Waals surface area contributed by atoms with E-state index in [1.807, 2.05) is 13.0 Å². The number of hydrogen-bond donors (Lipinski definition) is 2. The number of anilines is 1. The quantitative estimate of drug-likeness (QED) is 0.802. The first-order chi connectivity index (χ1) is 8.66. The molecule has 0 saturated carbocycles. The molecule has 3 nitrogen and oxygen atoms in total. The number of benzene rings is 1. The van der Waals surface area contributed by atoms with Gasteiger partial charge in [-0.25, -0.2) is 0 Å². The normalized spacial score (nSPS) is 18.8. The molecule has 1 heterocycles. The molecule has 0 amide bonds. The number of ether oxygens (including phenoxy) is 1. The molecule has 0 radical (unpaired) electrons. The second-order valence-corrected chi connectivity index (χ2v) is 5.30. The molecule has 1 aliphatic heterocycles. The van der Waals surface area contributed by atoms with E-state index in [0.29, 0.717) is 10.9 Å². The van der Waals surface area contributed by atoms with Crippen molar-refractivity contribution in [2.45, 2.75) is 19.8 Å². The average Bonchev–Trinajstić information content (AvgIpc) is 2.84. The summed E-state index contributed by atoms with van der Waals surface area (Å²) in [4.78, 5) is 0.449. The van der Waals surface area contributed by atoms with E-state index < -0.39 is 0 Å². The first kappa shape index (κ1) is 13.3. The highest BCUT2D eigenvalue weighted by Crippen LogP contribution is 2.20. The third-order valence-corrected chi connectivity index (χ3v) is 3.55. The lowest BCUT2D eigenvalue weighted by atomic mass is 10.0. The van der Waals surface area contributed by atoms with E-state index >= 15 is 0 Å². The van der Waals surface area contributed by atoms with Crippen LogP contribution in [0.25, 0.3) is 0 Å². The minimum atomic E-state index is 0.449. The standard InChI is InChI=1S/C14H20N2OS/c1-10-2-3-13(12(8-10)14(15)18)16-6-4-11-5-7-17-9-11/h2-3,8,11,16H,4-7,9H2,1H3,(H2,15,18). The maximum absolute atomic E-state index is 5.75. The van der Waals surface area contributed by atoms with Crippen molar-refractivity contribution in [3.05, 3.63) is 29.3 Å². The van der Waals surface area contributed by atoms with Crippen LogP contribution in [0.4, 0.5) is 5.69 Å². The van der Waals surface area contributed by atoms with Gasteiger partial charge in [-0.3, -0.25) is 0 Å². The Bertz CT molecular complexity index is 428. The summed E-state index contributed by atoms with van der Waals surface area (Å²) in [6.07, 6.45) is 2.31. The van der Waals surface area contributed by atoms with Crippen LogP contribution in [0.5, 0.6) is 0 Å².